The summed E-state index contributed by atoms with van der Waals surface area (Å²) in [4.78, 5) is 56.8. The Kier molecular flexibility index (Phi) is 27.8. The van der Waals surface area contributed by atoms with E-state index in [0.29, 0.717) is 45.3 Å². The zero-order chi connectivity index (χ0) is 49.0. The van der Waals surface area contributed by atoms with Gasteiger partial charge in [-0.05, 0) is 141 Å². The van der Waals surface area contributed by atoms with Gasteiger partial charge < -0.3 is 45.5 Å². The van der Waals surface area contributed by atoms with Gasteiger partial charge in [0.1, 0.15) is 22.4 Å². The molecular formula is C44H81N7O12S. The maximum Gasteiger partial charge on any atom is 0.407 e. The molecule has 0 fully saturated rings. The molecule has 64 heavy (non-hydrogen) atoms. The molecule has 370 valence electrons. The molecule has 0 aliphatic carbocycles. The van der Waals surface area contributed by atoms with Gasteiger partial charge >= 0.3 is 24.4 Å². The summed E-state index contributed by atoms with van der Waals surface area (Å²) < 4.78 is 48.7. The lowest BCUT2D eigenvalue weighted by Crippen LogP contribution is -2.37. The van der Waals surface area contributed by atoms with E-state index in [1.807, 2.05) is 41.5 Å². The van der Waals surface area contributed by atoms with Crippen LogP contribution in [0.2, 0.25) is 0 Å². The number of carbonyl (C=O) groups excluding carboxylic acids is 4. The van der Waals surface area contributed by atoms with Gasteiger partial charge in [0.2, 0.25) is 10.0 Å². The molecule has 0 unspecified atom stereocenters. The molecule has 5 N–H and O–H groups in total. The van der Waals surface area contributed by atoms with E-state index in [-0.39, 0.29) is 36.7 Å². The maximum absolute atomic E-state index is 13.4. The van der Waals surface area contributed by atoms with Crippen LogP contribution in [0.15, 0.2) is 29.2 Å². The van der Waals surface area contributed by atoms with Crippen LogP contribution in [-0.2, 0) is 29.0 Å². The molecular weight excluding hydrogens is 851 g/mol. The molecule has 1 rings (SSSR count). The number of unbranched alkanes of at least 4 members (excludes halogenated alkanes) is 6. The summed E-state index contributed by atoms with van der Waals surface area (Å²) in [5.74, 6) is 0. The number of para-hydroxylation sites is 1. The van der Waals surface area contributed by atoms with Crippen molar-refractivity contribution >= 4 is 40.1 Å². The largest absolute Gasteiger partial charge is 0.444 e. The first-order valence-corrected chi connectivity index (χ1v) is 23.8. The number of nitro benzene ring substituents is 1. The molecule has 20 heteroatoms. The second-order valence-electron chi connectivity index (χ2n) is 19.1. The van der Waals surface area contributed by atoms with Gasteiger partial charge in [-0.25, -0.2) is 27.6 Å². The quantitative estimate of drug-likeness (QED) is 0.0269. The van der Waals surface area contributed by atoms with Gasteiger partial charge in [0.25, 0.3) is 5.69 Å². The fourth-order valence-corrected chi connectivity index (χ4v) is 7.10. The molecule has 0 spiro atoms. The highest BCUT2D eigenvalue weighted by atomic mass is 32.2. The van der Waals surface area contributed by atoms with Crippen molar-refractivity contribution in [2.45, 2.75) is 175 Å². The number of carbonyl (C=O) groups is 4. The summed E-state index contributed by atoms with van der Waals surface area (Å²) in [5.41, 5.74) is -2.62. The predicted octanol–water partition coefficient (Wildman–Crippen LogP) is 8.16. The number of nitrogens with zero attached hydrogens (tertiary/aromatic N) is 2. The summed E-state index contributed by atoms with van der Waals surface area (Å²) in [5, 5.41) is 25.6. The van der Waals surface area contributed by atoms with Crippen molar-refractivity contribution in [3.05, 3.63) is 34.4 Å². The van der Waals surface area contributed by atoms with Gasteiger partial charge in [-0.3, -0.25) is 10.1 Å². The van der Waals surface area contributed by atoms with Gasteiger partial charge in [0.15, 0.2) is 4.90 Å². The van der Waals surface area contributed by atoms with Crippen LogP contribution >= 0.6 is 0 Å². The van der Waals surface area contributed by atoms with Gasteiger partial charge in [0, 0.05) is 45.3 Å². The number of nitrogens with one attached hydrogen (secondary N) is 5. The lowest BCUT2D eigenvalue weighted by atomic mass is 10.2. The second-order valence-corrected chi connectivity index (χ2v) is 21.0. The molecule has 4 amide bonds. The number of hydrogen-bond acceptors (Lipinski definition) is 13. The maximum atomic E-state index is 13.4. The van der Waals surface area contributed by atoms with Crippen molar-refractivity contribution in [3.8, 4) is 0 Å². The number of benzene rings is 1. The monoisotopic (exact) mass is 932 g/mol. The summed E-state index contributed by atoms with van der Waals surface area (Å²) >= 11 is 0. The minimum absolute atomic E-state index is 0.0599. The van der Waals surface area contributed by atoms with Crippen LogP contribution in [0.5, 0.6) is 0 Å². The lowest BCUT2D eigenvalue weighted by molar-refractivity contribution is -0.387. The third-order valence-corrected chi connectivity index (χ3v) is 10.0. The van der Waals surface area contributed by atoms with Crippen LogP contribution in [0.1, 0.15) is 147 Å². The first-order valence-electron chi connectivity index (χ1n) is 22.3. The summed E-state index contributed by atoms with van der Waals surface area (Å²) in [6.45, 7) is 25.6. The number of hydrogen-bond donors (Lipinski definition) is 5. The SMILES string of the molecule is CC(C)(C)OC(=O)NCCCCCCN(CCCNC(=O)OC(C)(C)C)S(=O)(=O)c1ccccc1[N+](=O)[O-].CC(C)(C)OC(=O)NCCCCCCNCCCNC(=O)OC(C)(C)C. The molecule has 0 heterocycles. The van der Waals surface area contributed by atoms with E-state index in [4.69, 9.17) is 18.9 Å². The Balaban J connectivity index is 0.00000134. The van der Waals surface area contributed by atoms with Crippen molar-refractivity contribution in [1.82, 2.24) is 30.9 Å². The van der Waals surface area contributed by atoms with Crippen molar-refractivity contribution in [2.75, 3.05) is 52.4 Å². The Hall–Kier alpha value is -4.43. The average molecular weight is 932 g/mol. The van der Waals surface area contributed by atoms with Gasteiger partial charge in [0.05, 0.1) is 4.92 Å². The van der Waals surface area contributed by atoms with Crippen LogP contribution in [-0.4, -0.2) is 117 Å². The molecule has 0 saturated carbocycles. The van der Waals surface area contributed by atoms with E-state index in [1.54, 1.807) is 41.5 Å². The minimum Gasteiger partial charge on any atom is -0.444 e. The van der Waals surface area contributed by atoms with Gasteiger partial charge in [-0.1, -0.05) is 37.8 Å². The number of sulfonamides is 1. The Labute approximate surface area is 382 Å². The third-order valence-electron chi connectivity index (χ3n) is 8.08. The van der Waals surface area contributed by atoms with E-state index in [9.17, 15) is 37.7 Å². The molecule has 0 bridgehead atoms. The third kappa shape index (κ3) is 33.1. The first-order chi connectivity index (χ1) is 29.5. The molecule has 1 aromatic rings. The number of rotatable bonds is 25. The molecule has 0 atom stereocenters. The first kappa shape index (κ1) is 59.6. The molecule has 0 aliphatic heterocycles. The number of alkyl carbamates (subject to hydrolysis) is 4. The summed E-state index contributed by atoms with van der Waals surface area (Å²) in [7, 11) is -4.16. The van der Waals surface area contributed by atoms with Gasteiger partial charge in [-0.2, -0.15) is 4.31 Å². The van der Waals surface area contributed by atoms with E-state index >= 15 is 0 Å². The van der Waals surface area contributed by atoms with Crippen LogP contribution in [0.4, 0.5) is 24.9 Å². The number of ether oxygens (including phenoxy) is 4. The number of amides is 4. The van der Waals surface area contributed by atoms with Crippen molar-refractivity contribution < 1.29 is 51.5 Å². The minimum atomic E-state index is -4.16. The van der Waals surface area contributed by atoms with E-state index < -0.39 is 55.2 Å². The summed E-state index contributed by atoms with van der Waals surface area (Å²) in [6.07, 6.45) is 6.27. The highest BCUT2D eigenvalue weighted by molar-refractivity contribution is 7.89. The molecule has 0 aromatic heterocycles. The highest BCUT2D eigenvalue weighted by Gasteiger charge is 2.31. The van der Waals surface area contributed by atoms with E-state index in [0.717, 1.165) is 57.7 Å². The van der Waals surface area contributed by atoms with Crippen molar-refractivity contribution in [1.29, 1.82) is 0 Å². The Morgan fingerprint density at radius 3 is 1.25 bits per heavy atom. The zero-order valence-corrected chi connectivity index (χ0v) is 41.6. The Morgan fingerprint density at radius 2 is 0.844 bits per heavy atom. The average Bonchev–Trinajstić information content (AvgIpc) is 3.13. The molecule has 0 radical (unpaired) electrons. The topological polar surface area (TPSA) is 246 Å². The molecule has 19 nitrogen and oxygen atoms in total. The van der Waals surface area contributed by atoms with Crippen LogP contribution in [0.3, 0.4) is 0 Å². The number of nitro groups is 1. The Morgan fingerprint density at radius 1 is 0.516 bits per heavy atom. The van der Waals surface area contributed by atoms with Gasteiger partial charge in [-0.15, -0.1) is 0 Å². The Bertz CT molecular complexity index is 1610. The van der Waals surface area contributed by atoms with Crippen LogP contribution in [0.25, 0.3) is 0 Å². The smallest absolute Gasteiger partial charge is 0.407 e. The standard InChI is InChI=1S/C25H42N4O8S.C19H39N3O4/c1-24(2,3)36-22(30)26-16-11-7-8-12-18-28(19-13-17-27-23(31)37-25(4,5)6)38(34,35)21-15-10-9-14-20(21)29(32)33;1-18(2,3)25-16(23)21-14-10-8-7-9-12-20-13-11-15-22-17(24)26-19(4,5)6/h9-10,14-15H,7-8,11-13,16-19H2,1-6H3,(H,26,30)(H,27,31);20H,7-15H2,1-6H3,(H,21,23)(H,22,24). The normalized spacial score (nSPS) is 12.0. The fraction of sp³-hybridized carbons (Fsp3) is 0.773. The van der Waals surface area contributed by atoms with E-state index in [1.165, 1.54) is 22.5 Å². The molecule has 0 aliphatic rings. The van der Waals surface area contributed by atoms with Crippen LogP contribution < -0.4 is 26.6 Å². The fourth-order valence-electron chi connectivity index (χ4n) is 5.42. The zero-order valence-electron chi connectivity index (χ0n) is 40.7. The second kappa shape index (κ2) is 29.9. The van der Waals surface area contributed by atoms with E-state index in [2.05, 4.69) is 26.6 Å². The van der Waals surface area contributed by atoms with Crippen molar-refractivity contribution in [2.24, 2.45) is 0 Å². The highest BCUT2D eigenvalue weighted by Crippen LogP contribution is 2.27. The molecule has 1 aromatic carbocycles. The summed E-state index contributed by atoms with van der Waals surface area (Å²) in [6, 6.07) is 5.24. The lowest BCUT2D eigenvalue weighted by Gasteiger charge is -2.23. The van der Waals surface area contributed by atoms with Crippen molar-refractivity contribution in [3.63, 3.8) is 0 Å². The van der Waals surface area contributed by atoms with Crippen LogP contribution in [0, 0.1) is 10.1 Å². The predicted molar refractivity (Wildman–Crippen MR) is 248 cm³/mol. The molecule has 0 saturated heterocycles.